The average molecular weight is 522 g/mol. The smallest absolute Gasteiger partial charge is 0.292 e. The molecule has 4 aromatic rings. The maximum atomic E-state index is 13.0. The highest BCUT2D eigenvalue weighted by molar-refractivity contribution is 6.30. The molecule has 0 atom stereocenters. The Morgan fingerprint density at radius 3 is 2.16 bits per heavy atom. The lowest BCUT2D eigenvalue weighted by Crippen LogP contribution is -2.24. The molecule has 0 bridgehead atoms. The van der Waals surface area contributed by atoms with Gasteiger partial charge in [-0.15, -0.1) is 0 Å². The number of H-pyrrole nitrogens is 1. The number of nitrogens with one attached hydrogen (secondary N) is 2. The monoisotopic (exact) mass is 521 g/mol. The number of para-hydroxylation sites is 2. The number of nitrogens with zero attached hydrogens (tertiary/aromatic N) is 3. The zero-order valence-corrected chi connectivity index (χ0v) is 21.3. The fourth-order valence-electron chi connectivity index (χ4n) is 3.55. The quantitative estimate of drug-likeness (QED) is 0.246. The zero-order chi connectivity index (χ0) is 26.4. The van der Waals surface area contributed by atoms with Crippen LogP contribution in [-0.4, -0.2) is 49.3 Å². The predicted molar refractivity (Wildman–Crippen MR) is 141 cm³/mol. The first-order valence-electron chi connectivity index (χ1n) is 11.0. The van der Waals surface area contributed by atoms with E-state index in [0.29, 0.717) is 44.8 Å². The van der Waals surface area contributed by atoms with E-state index in [0.717, 1.165) is 0 Å². The minimum absolute atomic E-state index is 0.0108. The van der Waals surface area contributed by atoms with Crippen LogP contribution in [0.5, 0.6) is 23.0 Å². The summed E-state index contributed by atoms with van der Waals surface area (Å²) < 4.78 is 21.9. The number of rotatable bonds is 9. The van der Waals surface area contributed by atoms with Gasteiger partial charge in [0.05, 0.1) is 34.1 Å². The summed E-state index contributed by atoms with van der Waals surface area (Å²) in [5.74, 6) is 2.00. The van der Waals surface area contributed by atoms with Gasteiger partial charge in [-0.25, -0.2) is 10.1 Å². The van der Waals surface area contributed by atoms with Crippen molar-refractivity contribution in [3.05, 3.63) is 87.3 Å². The van der Waals surface area contributed by atoms with Gasteiger partial charge < -0.3 is 18.9 Å². The van der Waals surface area contributed by atoms with Crippen LogP contribution in [0.15, 0.2) is 70.6 Å². The molecule has 11 heteroatoms. The van der Waals surface area contributed by atoms with Crippen LogP contribution >= 0.6 is 11.6 Å². The Hall–Kier alpha value is -4.57. The first kappa shape index (κ1) is 25.5. The molecule has 0 radical (unpaired) electrons. The second kappa shape index (κ2) is 11.4. The number of halogens is 1. The van der Waals surface area contributed by atoms with Crippen LogP contribution in [0.25, 0.3) is 11.4 Å². The standard InChI is InChI=1S/C26H24ClN5O5/c1-34-19-8-6-5-7-18(19)29-30-22(16-13-20(35-2)24(37-4)21(14-16)36-3)23-26(33)32-31-25(28-23)15-9-11-17(27)12-10-15/h5-14,29H,1-4H3,(H,32,33)/b30-22-. The number of aromatic amines is 1. The predicted octanol–water partition coefficient (Wildman–Crippen LogP) is 4.38. The Morgan fingerprint density at radius 1 is 0.892 bits per heavy atom. The fraction of sp³-hybridized carbons (Fsp3) is 0.154. The minimum Gasteiger partial charge on any atom is -0.495 e. The highest BCUT2D eigenvalue weighted by atomic mass is 35.5. The summed E-state index contributed by atoms with van der Waals surface area (Å²) in [7, 11) is 6.06. The van der Waals surface area contributed by atoms with Crippen LogP contribution in [0.4, 0.5) is 5.69 Å². The summed E-state index contributed by atoms with van der Waals surface area (Å²) in [6.07, 6.45) is 0. The van der Waals surface area contributed by atoms with Gasteiger partial charge in [-0.05, 0) is 48.5 Å². The van der Waals surface area contributed by atoms with Gasteiger partial charge in [-0.1, -0.05) is 23.7 Å². The molecule has 2 N–H and O–H groups in total. The molecule has 1 heterocycles. The molecule has 0 fully saturated rings. The Kier molecular flexibility index (Phi) is 7.89. The highest BCUT2D eigenvalue weighted by Gasteiger charge is 2.21. The Morgan fingerprint density at radius 2 is 1.54 bits per heavy atom. The lowest BCUT2D eigenvalue weighted by molar-refractivity contribution is 0.324. The summed E-state index contributed by atoms with van der Waals surface area (Å²) in [5.41, 5.74) is 4.35. The number of methoxy groups -OCH3 is 4. The first-order chi connectivity index (χ1) is 18.0. The summed E-state index contributed by atoms with van der Waals surface area (Å²) in [4.78, 5) is 17.6. The maximum Gasteiger partial charge on any atom is 0.292 e. The molecule has 0 saturated carbocycles. The van der Waals surface area contributed by atoms with E-state index in [4.69, 9.17) is 30.5 Å². The molecule has 190 valence electrons. The van der Waals surface area contributed by atoms with E-state index in [9.17, 15) is 4.79 Å². The molecular formula is C26H24ClN5O5. The van der Waals surface area contributed by atoms with Crippen molar-refractivity contribution >= 4 is 23.0 Å². The van der Waals surface area contributed by atoms with E-state index in [1.807, 2.05) is 12.1 Å². The molecule has 1 aromatic heterocycles. The van der Waals surface area contributed by atoms with Crippen LogP contribution in [0.3, 0.4) is 0 Å². The molecule has 0 aliphatic rings. The number of hydrogen-bond acceptors (Lipinski definition) is 9. The normalized spacial score (nSPS) is 11.1. The number of aromatic nitrogens is 3. The third-order valence-corrected chi connectivity index (χ3v) is 5.61. The van der Waals surface area contributed by atoms with E-state index < -0.39 is 5.56 Å². The zero-order valence-electron chi connectivity index (χ0n) is 20.5. The van der Waals surface area contributed by atoms with Gasteiger partial charge in [0.2, 0.25) is 5.75 Å². The largest absolute Gasteiger partial charge is 0.495 e. The molecule has 3 aromatic carbocycles. The number of ether oxygens (including phenoxy) is 4. The van der Waals surface area contributed by atoms with Crippen LogP contribution in [0.1, 0.15) is 11.3 Å². The van der Waals surface area contributed by atoms with Crippen LogP contribution in [0.2, 0.25) is 5.02 Å². The van der Waals surface area contributed by atoms with Crippen molar-refractivity contribution in [2.75, 3.05) is 33.9 Å². The van der Waals surface area contributed by atoms with Crippen molar-refractivity contribution in [3.63, 3.8) is 0 Å². The highest BCUT2D eigenvalue weighted by Crippen LogP contribution is 2.38. The van der Waals surface area contributed by atoms with Gasteiger partial charge in [0.15, 0.2) is 23.0 Å². The van der Waals surface area contributed by atoms with Gasteiger partial charge in [-0.3, -0.25) is 10.2 Å². The number of hydrazone groups is 1. The summed E-state index contributed by atoms with van der Waals surface area (Å²) in [6.45, 7) is 0. The number of benzene rings is 3. The van der Waals surface area contributed by atoms with E-state index in [-0.39, 0.29) is 17.2 Å². The van der Waals surface area contributed by atoms with Gasteiger partial charge in [0.1, 0.15) is 11.5 Å². The Labute approximate surface area is 217 Å². The molecule has 0 amide bonds. The minimum atomic E-state index is -0.549. The van der Waals surface area contributed by atoms with Crippen molar-refractivity contribution in [2.45, 2.75) is 0 Å². The van der Waals surface area contributed by atoms with Crippen molar-refractivity contribution < 1.29 is 18.9 Å². The van der Waals surface area contributed by atoms with Crippen molar-refractivity contribution in [1.29, 1.82) is 0 Å². The van der Waals surface area contributed by atoms with Gasteiger partial charge in [0.25, 0.3) is 5.56 Å². The third kappa shape index (κ3) is 5.49. The lowest BCUT2D eigenvalue weighted by Gasteiger charge is -2.15. The van der Waals surface area contributed by atoms with Crippen LogP contribution < -0.4 is 29.9 Å². The summed E-state index contributed by atoms with van der Waals surface area (Å²) in [5, 5.41) is 11.7. The topological polar surface area (TPSA) is 120 Å². The second-order valence-corrected chi connectivity index (χ2v) is 7.97. The van der Waals surface area contributed by atoms with Gasteiger partial charge >= 0.3 is 0 Å². The van der Waals surface area contributed by atoms with Crippen molar-refractivity contribution in [3.8, 4) is 34.4 Å². The maximum absolute atomic E-state index is 13.0. The van der Waals surface area contributed by atoms with Gasteiger partial charge in [-0.2, -0.15) is 10.2 Å². The van der Waals surface area contributed by atoms with Gasteiger partial charge in [0, 0.05) is 16.1 Å². The fourth-order valence-corrected chi connectivity index (χ4v) is 3.68. The average Bonchev–Trinajstić information content (AvgIpc) is 2.94. The van der Waals surface area contributed by atoms with Crippen molar-refractivity contribution in [2.24, 2.45) is 5.10 Å². The van der Waals surface area contributed by atoms with Crippen LogP contribution in [0, 0.1) is 0 Å². The summed E-state index contributed by atoms with van der Waals surface area (Å²) in [6, 6.07) is 17.5. The molecule has 37 heavy (non-hydrogen) atoms. The van der Waals surface area contributed by atoms with E-state index in [1.165, 1.54) is 21.3 Å². The number of hydrogen-bond donors (Lipinski definition) is 2. The first-order valence-corrected chi connectivity index (χ1v) is 11.4. The van der Waals surface area contributed by atoms with E-state index in [1.54, 1.807) is 55.6 Å². The molecule has 0 aliphatic carbocycles. The molecule has 0 saturated heterocycles. The van der Waals surface area contributed by atoms with Crippen molar-refractivity contribution in [1.82, 2.24) is 15.2 Å². The summed E-state index contributed by atoms with van der Waals surface area (Å²) >= 11 is 6.02. The SMILES string of the molecule is COc1ccccc1N/N=C(/c1cc(OC)c(OC)c(OC)c1)c1nc(-c2ccc(Cl)cc2)n[nH]c1=O. The van der Waals surface area contributed by atoms with E-state index >= 15 is 0 Å². The Bertz CT molecular complexity index is 1460. The molecule has 0 aliphatic heterocycles. The Balaban J connectivity index is 1.92. The lowest BCUT2D eigenvalue weighted by atomic mass is 10.1. The molecule has 0 unspecified atom stereocenters. The second-order valence-electron chi connectivity index (χ2n) is 7.53. The van der Waals surface area contributed by atoms with E-state index in [2.05, 4.69) is 25.7 Å². The molecule has 4 rings (SSSR count). The molecular weight excluding hydrogens is 498 g/mol. The molecule has 0 spiro atoms. The molecule has 10 nitrogen and oxygen atoms in total. The number of anilines is 1. The van der Waals surface area contributed by atoms with Crippen LogP contribution in [-0.2, 0) is 0 Å². The third-order valence-electron chi connectivity index (χ3n) is 5.36.